The van der Waals surface area contributed by atoms with Gasteiger partial charge in [0, 0.05) is 4.47 Å². The number of rotatable bonds is 6. The maximum atomic E-state index is 11.6. The first-order valence-electron chi connectivity index (χ1n) is 6.13. The van der Waals surface area contributed by atoms with Gasteiger partial charge in [0.2, 0.25) is 5.91 Å². The maximum Gasteiger partial charge on any atom is 0.237 e. The molecular weight excluding hydrogens is 367 g/mol. The summed E-state index contributed by atoms with van der Waals surface area (Å²) >= 11 is 15.3. The number of amides is 1. The second kappa shape index (κ2) is 8.08. The van der Waals surface area contributed by atoms with E-state index in [0.29, 0.717) is 22.3 Å². The molecule has 0 aromatic heterocycles. The lowest BCUT2D eigenvalue weighted by Crippen LogP contribution is -2.45. The average molecular weight is 384 g/mol. The fourth-order valence-electron chi connectivity index (χ4n) is 1.41. The van der Waals surface area contributed by atoms with Gasteiger partial charge in [-0.2, -0.15) is 0 Å². The number of hydrogen-bond donors (Lipinski definition) is 2. The zero-order chi connectivity index (χ0) is 15.3. The van der Waals surface area contributed by atoms with Crippen molar-refractivity contribution >= 4 is 45.0 Å². The fourth-order valence-corrected chi connectivity index (χ4v) is 2.73. The summed E-state index contributed by atoms with van der Waals surface area (Å²) in [6.45, 7) is 4.38. The lowest BCUT2D eigenvalue weighted by atomic mass is 10.1. The van der Waals surface area contributed by atoms with Crippen LogP contribution in [0, 0.1) is 5.92 Å². The molecule has 0 aliphatic rings. The summed E-state index contributed by atoms with van der Waals surface area (Å²) in [5.74, 6) is 0.293. The van der Waals surface area contributed by atoms with Gasteiger partial charge in [-0.05, 0) is 18.1 Å². The summed E-state index contributed by atoms with van der Waals surface area (Å²) < 4.78 is 6.25. The van der Waals surface area contributed by atoms with Crippen molar-refractivity contribution in [1.82, 2.24) is 5.32 Å². The van der Waals surface area contributed by atoms with Gasteiger partial charge in [0.05, 0.1) is 22.6 Å². The summed E-state index contributed by atoms with van der Waals surface area (Å²) in [7, 11) is 0. The average Bonchev–Trinajstić information content (AvgIpc) is 2.35. The van der Waals surface area contributed by atoms with E-state index < -0.39 is 6.04 Å². The minimum atomic E-state index is -0.519. The first-order chi connectivity index (χ1) is 9.32. The predicted molar refractivity (Wildman–Crippen MR) is 85.5 cm³/mol. The Morgan fingerprint density at radius 3 is 2.45 bits per heavy atom. The molecule has 1 rings (SSSR count). The molecule has 1 aromatic rings. The fraction of sp³-hybridized carbons (Fsp3) is 0.462. The smallest absolute Gasteiger partial charge is 0.237 e. The highest BCUT2D eigenvalue weighted by atomic mass is 79.9. The third-order valence-electron chi connectivity index (χ3n) is 2.63. The minimum absolute atomic E-state index is 0.0891. The van der Waals surface area contributed by atoms with Crippen molar-refractivity contribution < 1.29 is 9.53 Å². The van der Waals surface area contributed by atoms with Crippen molar-refractivity contribution in [2.45, 2.75) is 19.9 Å². The number of halogens is 3. The first kappa shape index (κ1) is 17.6. The van der Waals surface area contributed by atoms with Crippen LogP contribution in [0.1, 0.15) is 13.8 Å². The Morgan fingerprint density at radius 2 is 1.95 bits per heavy atom. The third kappa shape index (κ3) is 5.13. The van der Waals surface area contributed by atoms with Crippen LogP contribution in [0.2, 0.25) is 10.0 Å². The van der Waals surface area contributed by atoms with Crippen molar-refractivity contribution in [2.24, 2.45) is 11.7 Å². The van der Waals surface area contributed by atoms with E-state index in [1.54, 1.807) is 12.1 Å². The summed E-state index contributed by atoms with van der Waals surface area (Å²) in [4.78, 5) is 11.6. The van der Waals surface area contributed by atoms with E-state index in [2.05, 4.69) is 21.2 Å². The molecule has 0 saturated carbocycles. The highest BCUT2D eigenvalue weighted by Crippen LogP contribution is 2.35. The van der Waals surface area contributed by atoms with Gasteiger partial charge in [0.15, 0.2) is 5.75 Å². The number of hydrogen-bond acceptors (Lipinski definition) is 3. The lowest BCUT2D eigenvalue weighted by Gasteiger charge is -2.16. The molecule has 0 bridgehead atoms. The van der Waals surface area contributed by atoms with Gasteiger partial charge in [-0.1, -0.05) is 53.0 Å². The number of nitrogens with one attached hydrogen (secondary N) is 1. The predicted octanol–water partition coefficient (Wildman–Crippen LogP) is 3.23. The molecule has 0 radical (unpaired) electrons. The van der Waals surface area contributed by atoms with E-state index in [1.807, 2.05) is 13.8 Å². The van der Waals surface area contributed by atoms with E-state index in [4.69, 9.17) is 33.7 Å². The molecule has 0 aliphatic heterocycles. The highest BCUT2D eigenvalue weighted by Gasteiger charge is 2.16. The Morgan fingerprint density at radius 1 is 1.40 bits per heavy atom. The topological polar surface area (TPSA) is 64.4 Å². The van der Waals surface area contributed by atoms with Gasteiger partial charge in [0.1, 0.15) is 6.61 Å². The van der Waals surface area contributed by atoms with Crippen LogP contribution in [0.25, 0.3) is 0 Å². The number of carbonyl (C=O) groups excluding carboxylic acids is 1. The van der Waals surface area contributed by atoms with E-state index in [-0.39, 0.29) is 18.4 Å². The highest BCUT2D eigenvalue weighted by molar-refractivity contribution is 9.10. The van der Waals surface area contributed by atoms with E-state index >= 15 is 0 Å². The normalized spacial score (nSPS) is 12.3. The van der Waals surface area contributed by atoms with Gasteiger partial charge in [-0.15, -0.1) is 0 Å². The molecule has 112 valence electrons. The molecule has 0 spiro atoms. The van der Waals surface area contributed by atoms with Crippen molar-refractivity contribution in [3.05, 3.63) is 26.7 Å². The molecule has 20 heavy (non-hydrogen) atoms. The summed E-state index contributed by atoms with van der Waals surface area (Å²) in [6, 6.07) is 2.86. The maximum absolute atomic E-state index is 11.6. The molecule has 0 saturated heterocycles. The molecule has 7 heteroatoms. The van der Waals surface area contributed by atoms with Crippen molar-refractivity contribution in [1.29, 1.82) is 0 Å². The summed E-state index contributed by atoms with van der Waals surface area (Å²) in [5, 5.41) is 3.52. The molecule has 0 unspecified atom stereocenters. The standard InChI is InChI=1S/C13H17BrCl2N2O2/c1-7(2)11(17)13(19)18-3-4-20-12-9(15)5-8(14)6-10(12)16/h5-7,11H,3-4,17H2,1-2H3,(H,18,19)/t11-/m0/s1. The van der Waals surface area contributed by atoms with Crippen LogP contribution in [0.5, 0.6) is 5.75 Å². The molecule has 0 heterocycles. The molecule has 1 atom stereocenters. The Bertz CT molecular complexity index is 460. The Hall–Kier alpha value is -0.490. The Kier molecular flexibility index (Phi) is 7.09. The second-order valence-electron chi connectivity index (χ2n) is 4.61. The quantitative estimate of drug-likeness (QED) is 0.741. The first-order valence-corrected chi connectivity index (χ1v) is 7.68. The summed E-state index contributed by atoms with van der Waals surface area (Å²) in [5.41, 5.74) is 5.72. The SMILES string of the molecule is CC(C)[C@H](N)C(=O)NCCOc1c(Cl)cc(Br)cc1Cl. The zero-order valence-electron chi connectivity index (χ0n) is 11.3. The van der Waals surface area contributed by atoms with Crippen LogP contribution in [-0.2, 0) is 4.79 Å². The van der Waals surface area contributed by atoms with Crippen LogP contribution in [0.4, 0.5) is 0 Å². The van der Waals surface area contributed by atoms with Gasteiger partial charge in [0.25, 0.3) is 0 Å². The zero-order valence-corrected chi connectivity index (χ0v) is 14.3. The van der Waals surface area contributed by atoms with Gasteiger partial charge >= 0.3 is 0 Å². The number of ether oxygens (including phenoxy) is 1. The minimum Gasteiger partial charge on any atom is -0.489 e. The third-order valence-corrected chi connectivity index (χ3v) is 3.65. The Balaban J connectivity index is 2.44. The molecule has 0 fully saturated rings. The van der Waals surface area contributed by atoms with Crippen molar-refractivity contribution in [3.63, 3.8) is 0 Å². The van der Waals surface area contributed by atoms with Gasteiger partial charge in [-0.3, -0.25) is 4.79 Å². The largest absolute Gasteiger partial charge is 0.489 e. The molecular formula is C13H17BrCl2N2O2. The number of benzene rings is 1. The lowest BCUT2D eigenvalue weighted by molar-refractivity contribution is -0.123. The van der Waals surface area contributed by atoms with Gasteiger partial charge in [-0.25, -0.2) is 0 Å². The second-order valence-corrected chi connectivity index (χ2v) is 6.34. The number of carbonyl (C=O) groups is 1. The van der Waals surface area contributed by atoms with E-state index in [1.165, 1.54) is 0 Å². The molecule has 1 aromatic carbocycles. The molecule has 1 amide bonds. The van der Waals surface area contributed by atoms with Crippen LogP contribution in [-0.4, -0.2) is 25.1 Å². The van der Waals surface area contributed by atoms with Crippen molar-refractivity contribution in [2.75, 3.05) is 13.2 Å². The monoisotopic (exact) mass is 382 g/mol. The Labute approximate surface area is 137 Å². The van der Waals surface area contributed by atoms with Crippen LogP contribution in [0.15, 0.2) is 16.6 Å². The molecule has 4 nitrogen and oxygen atoms in total. The molecule has 0 aliphatic carbocycles. The number of nitrogens with two attached hydrogens (primary N) is 1. The van der Waals surface area contributed by atoms with Crippen molar-refractivity contribution in [3.8, 4) is 5.75 Å². The summed E-state index contributed by atoms with van der Waals surface area (Å²) in [6.07, 6.45) is 0. The van der Waals surface area contributed by atoms with Crippen LogP contribution < -0.4 is 15.8 Å². The molecule has 3 N–H and O–H groups in total. The van der Waals surface area contributed by atoms with E-state index in [9.17, 15) is 4.79 Å². The van der Waals surface area contributed by atoms with E-state index in [0.717, 1.165) is 4.47 Å². The van der Waals surface area contributed by atoms with Crippen LogP contribution >= 0.6 is 39.1 Å². The van der Waals surface area contributed by atoms with Crippen LogP contribution in [0.3, 0.4) is 0 Å². The van der Waals surface area contributed by atoms with Gasteiger partial charge < -0.3 is 15.8 Å².